The Kier molecular flexibility index (Phi) is 4.25. The van der Waals surface area contributed by atoms with Crippen molar-refractivity contribution in [1.29, 1.82) is 0 Å². The maximum Gasteiger partial charge on any atom is 0.255 e. The van der Waals surface area contributed by atoms with Gasteiger partial charge in [-0.1, -0.05) is 15.9 Å². The van der Waals surface area contributed by atoms with E-state index in [-0.39, 0.29) is 11.7 Å². The zero-order valence-electron chi connectivity index (χ0n) is 12.3. The van der Waals surface area contributed by atoms with Crippen LogP contribution in [0.25, 0.3) is 5.69 Å². The first-order chi connectivity index (χ1) is 11.0. The van der Waals surface area contributed by atoms with E-state index in [4.69, 9.17) is 0 Å². The quantitative estimate of drug-likeness (QED) is 0.742. The lowest BCUT2D eigenvalue weighted by Crippen LogP contribution is -2.12. The van der Waals surface area contributed by atoms with E-state index >= 15 is 0 Å². The van der Waals surface area contributed by atoms with Crippen LogP contribution in [0.1, 0.15) is 16.1 Å². The largest absolute Gasteiger partial charge is 0.319 e. The van der Waals surface area contributed by atoms with Gasteiger partial charge in [0.2, 0.25) is 0 Å². The number of carbonyl (C=O) groups is 1. The molecule has 6 heteroatoms. The van der Waals surface area contributed by atoms with Crippen LogP contribution in [-0.2, 0) is 0 Å². The molecule has 0 aliphatic rings. The molecular weight excluding hydrogens is 361 g/mol. The van der Waals surface area contributed by atoms with Gasteiger partial charge < -0.3 is 5.32 Å². The lowest BCUT2D eigenvalue weighted by molar-refractivity contribution is 0.102. The van der Waals surface area contributed by atoms with Gasteiger partial charge >= 0.3 is 0 Å². The summed E-state index contributed by atoms with van der Waals surface area (Å²) in [5.41, 5.74) is 2.67. The number of anilines is 1. The number of aromatic nitrogens is 2. The minimum atomic E-state index is -0.303. The van der Waals surface area contributed by atoms with Gasteiger partial charge in [0.15, 0.2) is 0 Å². The average molecular weight is 374 g/mol. The van der Waals surface area contributed by atoms with E-state index in [0.29, 0.717) is 11.3 Å². The summed E-state index contributed by atoms with van der Waals surface area (Å²) in [7, 11) is 0. The molecule has 1 N–H and O–H groups in total. The monoisotopic (exact) mass is 373 g/mol. The summed E-state index contributed by atoms with van der Waals surface area (Å²) in [4.78, 5) is 12.3. The number of nitrogens with one attached hydrogen (secondary N) is 1. The predicted molar refractivity (Wildman–Crippen MR) is 90.4 cm³/mol. The maximum absolute atomic E-state index is 13.0. The van der Waals surface area contributed by atoms with E-state index < -0.39 is 0 Å². The van der Waals surface area contributed by atoms with Gasteiger partial charge in [-0.2, -0.15) is 5.10 Å². The van der Waals surface area contributed by atoms with Gasteiger partial charge in [0.1, 0.15) is 5.82 Å². The number of carbonyl (C=O) groups excluding carboxylic acids is 1. The second-order valence-corrected chi connectivity index (χ2v) is 5.91. The SMILES string of the molecule is Cc1c(NC(=O)c2ccc(Br)cc2)cnn1-c1ccc(F)cc1. The Hall–Kier alpha value is -2.47. The second kappa shape index (κ2) is 6.34. The summed E-state index contributed by atoms with van der Waals surface area (Å²) >= 11 is 3.34. The van der Waals surface area contributed by atoms with Crippen molar-refractivity contribution >= 4 is 27.5 Å². The molecule has 1 aromatic heterocycles. The van der Waals surface area contributed by atoms with Crippen LogP contribution in [0.15, 0.2) is 59.2 Å². The summed E-state index contributed by atoms with van der Waals surface area (Å²) in [5.74, 6) is -0.512. The van der Waals surface area contributed by atoms with Crippen LogP contribution in [0.2, 0.25) is 0 Å². The second-order valence-electron chi connectivity index (χ2n) is 4.99. The van der Waals surface area contributed by atoms with Gasteiger partial charge in [0.25, 0.3) is 5.91 Å². The number of hydrogen-bond acceptors (Lipinski definition) is 2. The highest BCUT2D eigenvalue weighted by atomic mass is 79.9. The van der Waals surface area contributed by atoms with E-state index in [2.05, 4.69) is 26.3 Å². The third kappa shape index (κ3) is 3.32. The van der Waals surface area contributed by atoms with E-state index in [1.54, 1.807) is 35.1 Å². The first kappa shape index (κ1) is 15.4. The topological polar surface area (TPSA) is 46.9 Å². The number of benzene rings is 2. The summed E-state index contributed by atoms with van der Waals surface area (Å²) in [6.45, 7) is 1.84. The van der Waals surface area contributed by atoms with Gasteiger partial charge in [-0.25, -0.2) is 9.07 Å². The molecule has 23 heavy (non-hydrogen) atoms. The molecule has 4 nitrogen and oxygen atoms in total. The van der Waals surface area contributed by atoms with Gasteiger partial charge in [0, 0.05) is 10.0 Å². The minimum Gasteiger partial charge on any atom is -0.319 e. The summed E-state index contributed by atoms with van der Waals surface area (Å²) in [6, 6.07) is 13.1. The first-order valence-corrected chi connectivity index (χ1v) is 7.71. The Morgan fingerprint density at radius 3 is 2.43 bits per heavy atom. The highest BCUT2D eigenvalue weighted by Crippen LogP contribution is 2.20. The molecule has 116 valence electrons. The molecule has 0 saturated carbocycles. The molecule has 1 amide bonds. The Bertz CT molecular complexity index is 841. The zero-order valence-corrected chi connectivity index (χ0v) is 13.8. The van der Waals surface area contributed by atoms with Crippen molar-refractivity contribution in [2.75, 3.05) is 5.32 Å². The molecule has 0 spiro atoms. The van der Waals surface area contributed by atoms with Crippen LogP contribution in [0, 0.1) is 12.7 Å². The fourth-order valence-corrected chi connectivity index (χ4v) is 2.43. The van der Waals surface area contributed by atoms with Crippen molar-refractivity contribution in [3.63, 3.8) is 0 Å². The van der Waals surface area contributed by atoms with E-state index in [9.17, 15) is 9.18 Å². The molecule has 0 aliphatic heterocycles. The molecule has 0 saturated heterocycles. The fraction of sp³-hybridized carbons (Fsp3) is 0.0588. The van der Waals surface area contributed by atoms with E-state index in [1.165, 1.54) is 12.1 Å². The molecule has 0 unspecified atom stereocenters. The third-order valence-electron chi connectivity index (χ3n) is 3.44. The number of hydrogen-bond donors (Lipinski definition) is 1. The Labute approximate surface area is 141 Å². The van der Waals surface area contributed by atoms with Crippen LogP contribution in [-0.4, -0.2) is 15.7 Å². The molecule has 3 rings (SSSR count). The molecule has 0 atom stereocenters. The lowest BCUT2D eigenvalue weighted by atomic mass is 10.2. The molecular formula is C17H13BrFN3O. The molecule has 2 aromatic carbocycles. The van der Waals surface area contributed by atoms with Gasteiger partial charge in [-0.15, -0.1) is 0 Å². The van der Waals surface area contributed by atoms with Crippen molar-refractivity contribution < 1.29 is 9.18 Å². The van der Waals surface area contributed by atoms with Crippen LogP contribution in [0.4, 0.5) is 10.1 Å². The number of halogens is 2. The van der Waals surface area contributed by atoms with Gasteiger partial charge in [-0.05, 0) is 55.5 Å². The lowest BCUT2D eigenvalue weighted by Gasteiger charge is -2.07. The molecule has 0 bridgehead atoms. The molecule has 1 heterocycles. The van der Waals surface area contributed by atoms with Crippen LogP contribution < -0.4 is 5.32 Å². The van der Waals surface area contributed by atoms with Crippen LogP contribution >= 0.6 is 15.9 Å². The number of nitrogens with zero attached hydrogens (tertiary/aromatic N) is 2. The van der Waals surface area contributed by atoms with Crippen molar-refractivity contribution in [2.45, 2.75) is 6.92 Å². The van der Waals surface area contributed by atoms with Crippen LogP contribution in [0.3, 0.4) is 0 Å². The molecule has 3 aromatic rings. The number of rotatable bonds is 3. The van der Waals surface area contributed by atoms with E-state index in [1.807, 2.05) is 19.1 Å². The fourth-order valence-electron chi connectivity index (χ4n) is 2.17. The normalized spacial score (nSPS) is 10.6. The van der Waals surface area contributed by atoms with Crippen LogP contribution in [0.5, 0.6) is 0 Å². The van der Waals surface area contributed by atoms with Gasteiger partial charge in [0.05, 0.1) is 23.3 Å². The average Bonchev–Trinajstić information content (AvgIpc) is 2.90. The predicted octanol–water partition coefficient (Wildman–Crippen LogP) is 4.33. The van der Waals surface area contributed by atoms with E-state index in [0.717, 1.165) is 15.9 Å². The smallest absolute Gasteiger partial charge is 0.255 e. The minimum absolute atomic E-state index is 0.209. The zero-order chi connectivity index (χ0) is 16.4. The van der Waals surface area contributed by atoms with Gasteiger partial charge in [-0.3, -0.25) is 4.79 Å². The van der Waals surface area contributed by atoms with Crippen molar-refractivity contribution in [2.24, 2.45) is 0 Å². The Morgan fingerprint density at radius 1 is 1.13 bits per heavy atom. The molecule has 0 fully saturated rings. The van der Waals surface area contributed by atoms with Crippen molar-refractivity contribution in [1.82, 2.24) is 9.78 Å². The Balaban J connectivity index is 1.83. The standard InChI is InChI=1S/C17H13BrFN3O/c1-11-16(21-17(23)12-2-4-13(18)5-3-12)10-20-22(11)15-8-6-14(19)7-9-15/h2-10H,1H3,(H,21,23). The first-order valence-electron chi connectivity index (χ1n) is 6.92. The molecule has 0 radical (unpaired) electrons. The summed E-state index contributed by atoms with van der Waals surface area (Å²) < 4.78 is 15.6. The Morgan fingerprint density at radius 2 is 1.78 bits per heavy atom. The van der Waals surface area contributed by atoms with Crippen molar-refractivity contribution in [3.8, 4) is 5.69 Å². The highest BCUT2D eigenvalue weighted by Gasteiger charge is 2.12. The summed E-state index contributed by atoms with van der Waals surface area (Å²) in [5, 5.41) is 7.08. The third-order valence-corrected chi connectivity index (χ3v) is 3.96. The number of amides is 1. The van der Waals surface area contributed by atoms with Crippen molar-refractivity contribution in [3.05, 3.63) is 76.3 Å². The molecule has 0 aliphatic carbocycles. The summed E-state index contributed by atoms with van der Waals surface area (Å²) in [6.07, 6.45) is 1.58. The maximum atomic E-state index is 13.0. The highest BCUT2D eigenvalue weighted by molar-refractivity contribution is 9.10.